The Balaban J connectivity index is 1.73. The normalized spacial score (nSPS) is 29.4. The van der Waals surface area contributed by atoms with Gasteiger partial charge in [-0.2, -0.15) is 0 Å². The second kappa shape index (κ2) is 3.80. The molecule has 86 valence electrons. The summed E-state index contributed by atoms with van der Waals surface area (Å²) < 4.78 is 7.32. The molecule has 5 heteroatoms. The van der Waals surface area contributed by atoms with Gasteiger partial charge in [0.1, 0.15) is 11.4 Å². The zero-order valence-corrected chi connectivity index (χ0v) is 9.94. The largest absolute Gasteiger partial charge is 0.462 e. The molecule has 1 saturated heterocycles. The number of ether oxygens (including phenoxy) is 1. The Kier molecular flexibility index (Phi) is 2.42. The summed E-state index contributed by atoms with van der Waals surface area (Å²) in [5.74, 6) is -0.0946. The van der Waals surface area contributed by atoms with Crippen molar-refractivity contribution in [3.63, 3.8) is 0 Å². The minimum absolute atomic E-state index is 0.0503. The third-order valence-corrected chi connectivity index (χ3v) is 4.14. The maximum atomic E-state index is 11.5. The smallest absolute Gasteiger partial charge is 0.319 e. The van der Waals surface area contributed by atoms with Gasteiger partial charge in [-0.25, -0.2) is 4.98 Å². The Morgan fingerprint density at radius 3 is 3.00 bits per heavy atom. The van der Waals surface area contributed by atoms with Crippen molar-refractivity contribution in [3.05, 3.63) is 12.4 Å². The van der Waals surface area contributed by atoms with E-state index in [9.17, 15) is 4.79 Å². The lowest BCUT2D eigenvalue weighted by molar-refractivity contribution is -0.140. The molecule has 0 amide bonds. The molecule has 1 aliphatic heterocycles. The molecule has 3 rings (SSSR count). The summed E-state index contributed by atoms with van der Waals surface area (Å²) in [4.78, 5) is 15.8. The second-order valence-electron chi connectivity index (χ2n) is 4.44. The Morgan fingerprint density at radius 1 is 1.56 bits per heavy atom. The standard InChI is InChI=1S/C11H14N2O2S/c1-7-6-9(10(14)15-7)16-11-12-4-5-13(11)8-2-3-8/h4-5,7-9H,2-3,6H2,1H3/t7-,9-/m0/s1. The number of imidazole rings is 1. The molecule has 0 N–H and O–H groups in total. The summed E-state index contributed by atoms with van der Waals surface area (Å²) in [5.41, 5.74) is 0. The van der Waals surface area contributed by atoms with Gasteiger partial charge in [0.05, 0.1) is 0 Å². The summed E-state index contributed by atoms with van der Waals surface area (Å²) in [6.45, 7) is 1.94. The lowest BCUT2D eigenvalue weighted by Gasteiger charge is -2.07. The molecule has 1 aromatic heterocycles. The van der Waals surface area contributed by atoms with Gasteiger partial charge in [-0.1, -0.05) is 11.8 Å². The van der Waals surface area contributed by atoms with E-state index in [1.165, 1.54) is 12.8 Å². The Labute approximate surface area is 98.4 Å². The minimum atomic E-state index is -0.0946. The molecule has 2 heterocycles. The van der Waals surface area contributed by atoms with E-state index in [0.717, 1.165) is 11.6 Å². The average Bonchev–Trinajstić information content (AvgIpc) is 2.90. The van der Waals surface area contributed by atoms with E-state index < -0.39 is 0 Å². The molecule has 2 fully saturated rings. The molecular formula is C11H14N2O2S. The summed E-state index contributed by atoms with van der Waals surface area (Å²) in [6, 6.07) is 0.611. The van der Waals surface area contributed by atoms with E-state index in [2.05, 4.69) is 9.55 Å². The van der Waals surface area contributed by atoms with Crippen molar-refractivity contribution in [2.45, 2.75) is 48.7 Å². The number of cyclic esters (lactones) is 1. The molecule has 1 aromatic rings. The molecule has 0 aromatic carbocycles. The molecule has 0 radical (unpaired) electrons. The molecule has 2 aliphatic rings. The van der Waals surface area contributed by atoms with Crippen LogP contribution >= 0.6 is 11.8 Å². The third-order valence-electron chi connectivity index (χ3n) is 2.95. The van der Waals surface area contributed by atoms with Gasteiger partial charge in [0.25, 0.3) is 0 Å². The van der Waals surface area contributed by atoms with E-state index in [0.29, 0.717) is 6.04 Å². The van der Waals surface area contributed by atoms with E-state index in [1.807, 2.05) is 19.3 Å². The Bertz CT molecular complexity index is 414. The summed E-state index contributed by atoms with van der Waals surface area (Å²) in [6.07, 6.45) is 7.12. The van der Waals surface area contributed by atoms with Crippen molar-refractivity contribution >= 4 is 17.7 Å². The quantitative estimate of drug-likeness (QED) is 0.756. The zero-order chi connectivity index (χ0) is 11.1. The SMILES string of the molecule is C[C@H]1C[C@H](Sc2nccn2C2CC2)C(=O)O1. The van der Waals surface area contributed by atoms with Crippen LogP contribution in [0.15, 0.2) is 17.6 Å². The zero-order valence-electron chi connectivity index (χ0n) is 9.13. The highest BCUT2D eigenvalue weighted by Crippen LogP contribution is 2.39. The fourth-order valence-corrected chi connectivity index (χ4v) is 3.19. The van der Waals surface area contributed by atoms with Gasteiger partial charge >= 0.3 is 5.97 Å². The first-order chi connectivity index (χ1) is 7.74. The molecule has 0 spiro atoms. The van der Waals surface area contributed by atoms with Crippen LogP contribution in [0, 0.1) is 0 Å². The van der Waals surface area contributed by atoms with Gasteiger partial charge in [-0.15, -0.1) is 0 Å². The molecule has 2 atom stereocenters. The Hall–Kier alpha value is -0.970. The second-order valence-corrected chi connectivity index (χ2v) is 5.61. The number of carbonyl (C=O) groups is 1. The van der Waals surface area contributed by atoms with Crippen molar-refractivity contribution in [1.29, 1.82) is 0 Å². The number of nitrogens with zero attached hydrogens (tertiary/aromatic N) is 2. The third kappa shape index (κ3) is 1.84. The first kappa shape index (κ1) is 10.2. The lowest BCUT2D eigenvalue weighted by atomic mass is 10.3. The number of esters is 1. The number of hydrogen-bond acceptors (Lipinski definition) is 4. The van der Waals surface area contributed by atoms with E-state index in [1.54, 1.807) is 11.8 Å². The van der Waals surface area contributed by atoms with Gasteiger partial charge in [0.2, 0.25) is 0 Å². The fraction of sp³-hybridized carbons (Fsp3) is 0.636. The number of thioether (sulfide) groups is 1. The molecule has 16 heavy (non-hydrogen) atoms. The first-order valence-corrected chi connectivity index (χ1v) is 6.52. The van der Waals surface area contributed by atoms with Crippen LogP contribution in [0.25, 0.3) is 0 Å². The average molecular weight is 238 g/mol. The molecule has 4 nitrogen and oxygen atoms in total. The van der Waals surface area contributed by atoms with Gasteiger partial charge in [-0.3, -0.25) is 4.79 Å². The van der Waals surface area contributed by atoms with Gasteiger partial charge in [0, 0.05) is 24.9 Å². The maximum Gasteiger partial charge on any atom is 0.319 e. The van der Waals surface area contributed by atoms with Gasteiger partial charge < -0.3 is 9.30 Å². The molecule has 0 unspecified atom stereocenters. The van der Waals surface area contributed by atoms with Crippen LogP contribution in [0.2, 0.25) is 0 Å². The van der Waals surface area contributed by atoms with Crippen LogP contribution in [0.1, 0.15) is 32.2 Å². The maximum absolute atomic E-state index is 11.5. The van der Waals surface area contributed by atoms with Crippen molar-refractivity contribution < 1.29 is 9.53 Å². The summed E-state index contributed by atoms with van der Waals surface area (Å²) >= 11 is 1.54. The van der Waals surface area contributed by atoms with Crippen LogP contribution in [-0.4, -0.2) is 26.9 Å². The van der Waals surface area contributed by atoms with E-state index >= 15 is 0 Å². The van der Waals surface area contributed by atoms with Crippen LogP contribution < -0.4 is 0 Å². The first-order valence-electron chi connectivity index (χ1n) is 5.64. The lowest BCUT2D eigenvalue weighted by Crippen LogP contribution is -2.11. The van der Waals surface area contributed by atoms with Gasteiger partial charge in [0.15, 0.2) is 5.16 Å². The Morgan fingerprint density at radius 2 is 2.38 bits per heavy atom. The fourth-order valence-electron chi connectivity index (χ4n) is 1.96. The van der Waals surface area contributed by atoms with Crippen LogP contribution in [0.5, 0.6) is 0 Å². The topological polar surface area (TPSA) is 44.1 Å². The van der Waals surface area contributed by atoms with Gasteiger partial charge in [-0.05, 0) is 19.8 Å². The monoisotopic (exact) mass is 238 g/mol. The number of aromatic nitrogens is 2. The summed E-state index contributed by atoms with van der Waals surface area (Å²) in [5, 5.41) is 0.883. The highest BCUT2D eigenvalue weighted by atomic mass is 32.2. The van der Waals surface area contributed by atoms with Crippen molar-refractivity contribution in [3.8, 4) is 0 Å². The van der Waals surface area contributed by atoms with Crippen LogP contribution in [0.4, 0.5) is 0 Å². The highest BCUT2D eigenvalue weighted by Gasteiger charge is 2.35. The van der Waals surface area contributed by atoms with E-state index in [-0.39, 0.29) is 17.3 Å². The molecule has 1 aliphatic carbocycles. The minimum Gasteiger partial charge on any atom is -0.462 e. The highest BCUT2D eigenvalue weighted by molar-refractivity contribution is 8.00. The van der Waals surface area contributed by atoms with Crippen molar-refractivity contribution in [2.24, 2.45) is 0 Å². The number of carbonyl (C=O) groups excluding carboxylic acids is 1. The molecule has 1 saturated carbocycles. The number of hydrogen-bond donors (Lipinski definition) is 0. The van der Waals surface area contributed by atoms with Crippen molar-refractivity contribution in [2.75, 3.05) is 0 Å². The molecule has 0 bridgehead atoms. The summed E-state index contributed by atoms with van der Waals surface area (Å²) in [7, 11) is 0. The van der Waals surface area contributed by atoms with Crippen LogP contribution in [0.3, 0.4) is 0 Å². The van der Waals surface area contributed by atoms with Crippen LogP contribution in [-0.2, 0) is 9.53 Å². The number of rotatable bonds is 3. The van der Waals surface area contributed by atoms with Crippen molar-refractivity contribution in [1.82, 2.24) is 9.55 Å². The predicted molar refractivity (Wildman–Crippen MR) is 60.3 cm³/mol. The van der Waals surface area contributed by atoms with E-state index in [4.69, 9.17) is 4.74 Å². The molecular weight excluding hydrogens is 224 g/mol. The predicted octanol–water partition coefficient (Wildman–Crippen LogP) is 2.01.